The number of carbonyl (C=O) groups is 1. The van der Waals surface area contributed by atoms with Crippen LogP contribution in [0, 0.1) is 5.92 Å². The predicted molar refractivity (Wildman–Crippen MR) is 100 cm³/mol. The summed E-state index contributed by atoms with van der Waals surface area (Å²) in [5, 5.41) is 8.98. The van der Waals surface area contributed by atoms with Crippen molar-refractivity contribution >= 4 is 17.2 Å². The lowest BCUT2D eigenvalue weighted by Gasteiger charge is -2.20. The number of aromatic nitrogens is 2. The second kappa shape index (κ2) is 8.14. The number of hydrogen-bond acceptors (Lipinski definition) is 6. The lowest BCUT2D eigenvalue weighted by molar-refractivity contribution is 0.0914. The van der Waals surface area contributed by atoms with Crippen molar-refractivity contribution in [3.63, 3.8) is 0 Å². The van der Waals surface area contributed by atoms with E-state index in [1.54, 1.807) is 13.2 Å². The number of thiophene rings is 1. The Morgan fingerprint density at radius 2 is 2.19 bits per heavy atom. The summed E-state index contributed by atoms with van der Waals surface area (Å²) in [6, 6.07) is 10.8. The summed E-state index contributed by atoms with van der Waals surface area (Å²) in [5.41, 5.74) is 0.798. The molecule has 0 unspecified atom stereocenters. The molecule has 0 saturated heterocycles. The van der Waals surface area contributed by atoms with Crippen molar-refractivity contribution < 1.29 is 14.1 Å². The van der Waals surface area contributed by atoms with Crippen molar-refractivity contribution in [1.82, 2.24) is 15.5 Å². The predicted octanol–water partition coefficient (Wildman–Crippen LogP) is 4.32. The number of hydrogen-bond donors (Lipinski definition) is 1. The lowest BCUT2D eigenvalue weighted by atomic mass is 9.99. The van der Waals surface area contributed by atoms with E-state index in [0.717, 1.165) is 17.7 Å². The molecule has 0 radical (unpaired) electrons. The zero-order valence-corrected chi connectivity index (χ0v) is 15.7. The average Bonchev–Trinajstić information content (AvgIpc) is 3.37. The van der Waals surface area contributed by atoms with Gasteiger partial charge in [-0.05, 0) is 29.5 Å². The Balaban J connectivity index is 1.85. The lowest BCUT2D eigenvalue weighted by Crippen LogP contribution is -2.32. The van der Waals surface area contributed by atoms with Gasteiger partial charge in [0.1, 0.15) is 11.8 Å². The molecule has 3 rings (SSSR count). The monoisotopic (exact) mass is 371 g/mol. The van der Waals surface area contributed by atoms with Gasteiger partial charge >= 0.3 is 0 Å². The van der Waals surface area contributed by atoms with Crippen molar-refractivity contribution in [2.75, 3.05) is 7.11 Å². The van der Waals surface area contributed by atoms with E-state index in [2.05, 4.69) is 29.3 Å². The van der Waals surface area contributed by atoms with Crippen LogP contribution in [0.5, 0.6) is 5.75 Å². The molecule has 0 aliphatic heterocycles. The van der Waals surface area contributed by atoms with Crippen molar-refractivity contribution in [3.8, 4) is 17.1 Å². The van der Waals surface area contributed by atoms with Crippen molar-refractivity contribution in [2.24, 2.45) is 5.92 Å². The van der Waals surface area contributed by atoms with Crippen LogP contribution in [0.25, 0.3) is 11.4 Å². The largest absolute Gasteiger partial charge is 0.497 e. The van der Waals surface area contributed by atoms with Gasteiger partial charge in [0.25, 0.3) is 5.91 Å². The first-order valence-corrected chi connectivity index (χ1v) is 9.32. The first-order chi connectivity index (χ1) is 12.6. The minimum absolute atomic E-state index is 0.133. The second-order valence-corrected chi connectivity index (χ2v) is 6.95. The zero-order valence-electron chi connectivity index (χ0n) is 14.9. The van der Waals surface area contributed by atoms with Gasteiger partial charge in [-0.1, -0.05) is 43.6 Å². The fourth-order valence-electron chi connectivity index (χ4n) is 2.54. The third-order valence-electron chi connectivity index (χ3n) is 4.28. The first kappa shape index (κ1) is 18.1. The van der Waals surface area contributed by atoms with Gasteiger partial charge in [0.05, 0.1) is 12.0 Å². The summed E-state index contributed by atoms with van der Waals surface area (Å²) in [6.45, 7) is 4.11. The van der Waals surface area contributed by atoms with Crippen molar-refractivity contribution in [2.45, 2.75) is 26.3 Å². The molecule has 0 saturated carbocycles. The Kier molecular flexibility index (Phi) is 5.68. The highest BCUT2D eigenvalue weighted by Crippen LogP contribution is 2.27. The maximum Gasteiger partial charge on any atom is 0.262 e. The van der Waals surface area contributed by atoms with Gasteiger partial charge in [-0.2, -0.15) is 4.98 Å². The molecule has 6 nitrogen and oxygen atoms in total. The van der Waals surface area contributed by atoms with Crippen LogP contribution in [0.2, 0.25) is 0 Å². The Morgan fingerprint density at radius 1 is 1.35 bits per heavy atom. The van der Waals surface area contributed by atoms with Crippen LogP contribution >= 0.6 is 11.3 Å². The van der Waals surface area contributed by atoms with Crippen LogP contribution in [0.1, 0.15) is 41.9 Å². The summed E-state index contributed by atoms with van der Waals surface area (Å²) in [6.07, 6.45) is 0.867. The number of benzene rings is 1. The number of methoxy groups -OCH3 is 1. The minimum Gasteiger partial charge on any atom is -0.497 e. The van der Waals surface area contributed by atoms with E-state index in [9.17, 15) is 4.79 Å². The topological polar surface area (TPSA) is 77.2 Å². The highest BCUT2D eigenvalue weighted by atomic mass is 32.1. The molecule has 2 heterocycles. The van der Waals surface area contributed by atoms with E-state index in [-0.39, 0.29) is 17.9 Å². The van der Waals surface area contributed by atoms with E-state index in [1.165, 1.54) is 11.3 Å². The highest BCUT2D eigenvalue weighted by molar-refractivity contribution is 7.12. The summed E-state index contributed by atoms with van der Waals surface area (Å²) < 4.78 is 10.7. The SMILES string of the molecule is CC[C@H](C)[C@@H](NC(=O)c1cccs1)c1nc(-c2cccc(OC)c2)no1. The number of nitrogens with zero attached hydrogens (tertiary/aromatic N) is 2. The Hall–Kier alpha value is -2.67. The smallest absolute Gasteiger partial charge is 0.262 e. The standard InChI is InChI=1S/C19H21N3O3S/c1-4-12(2)16(20-18(23)15-9-6-10-26-15)19-21-17(22-25-19)13-7-5-8-14(11-13)24-3/h5-12,16H,4H2,1-3H3,(H,20,23)/t12-,16+/m0/s1. The molecule has 0 spiro atoms. The summed E-state index contributed by atoms with van der Waals surface area (Å²) in [5.74, 6) is 1.61. The maximum absolute atomic E-state index is 12.5. The van der Waals surface area contributed by atoms with Gasteiger partial charge in [-0.3, -0.25) is 4.79 Å². The fourth-order valence-corrected chi connectivity index (χ4v) is 3.17. The summed E-state index contributed by atoms with van der Waals surface area (Å²) >= 11 is 1.40. The van der Waals surface area contributed by atoms with Gasteiger partial charge in [0.15, 0.2) is 0 Å². The summed E-state index contributed by atoms with van der Waals surface area (Å²) in [7, 11) is 1.61. The molecular formula is C19H21N3O3S. The van der Waals surface area contributed by atoms with Crippen LogP contribution < -0.4 is 10.1 Å². The first-order valence-electron chi connectivity index (χ1n) is 8.44. The molecular weight excluding hydrogens is 350 g/mol. The molecule has 136 valence electrons. The van der Waals surface area contributed by atoms with Crippen LogP contribution in [0.3, 0.4) is 0 Å². The van der Waals surface area contributed by atoms with E-state index in [1.807, 2.05) is 35.7 Å². The molecule has 0 aliphatic carbocycles. The maximum atomic E-state index is 12.5. The Morgan fingerprint density at radius 3 is 2.88 bits per heavy atom. The molecule has 1 N–H and O–H groups in total. The Bertz CT molecular complexity index is 861. The molecule has 3 aromatic rings. The van der Waals surface area contributed by atoms with Crippen LogP contribution in [0.15, 0.2) is 46.3 Å². The highest BCUT2D eigenvalue weighted by Gasteiger charge is 2.27. The van der Waals surface area contributed by atoms with Crippen LogP contribution in [-0.4, -0.2) is 23.2 Å². The summed E-state index contributed by atoms with van der Waals surface area (Å²) in [4.78, 5) is 17.6. The third-order valence-corrected chi connectivity index (χ3v) is 5.15. The number of carbonyl (C=O) groups excluding carboxylic acids is 1. The molecule has 1 amide bonds. The van der Waals surface area contributed by atoms with Crippen molar-refractivity contribution in [1.29, 1.82) is 0 Å². The van der Waals surface area contributed by atoms with Gasteiger partial charge in [-0.15, -0.1) is 11.3 Å². The molecule has 0 aliphatic rings. The van der Waals surface area contributed by atoms with E-state index in [0.29, 0.717) is 16.6 Å². The molecule has 0 bridgehead atoms. The molecule has 2 aromatic heterocycles. The van der Waals surface area contributed by atoms with Gasteiger partial charge < -0.3 is 14.6 Å². The van der Waals surface area contributed by atoms with E-state index >= 15 is 0 Å². The second-order valence-electron chi connectivity index (χ2n) is 6.00. The molecule has 7 heteroatoms. The number of amides is 1. The number of rotatable bonds is 7. The van der Waals surface area contributed by atoms with Gasteiger partial charge in [-0.25, -0.2) is 0 Å². The van der Waals surface area contributed by atoms with Gasteiger partial charge in [0.2, 0.25) is 11.7 Å². The fraction of sp³-hybridized carbons (Fsp3) is 0.316. The zero-order chi connectivity index (χ0) is 18.5. The van der Waals surface area contributed by atoms with Crippen LogP contribution in [0.4, 0.5) is 0 Å². The average molecular weight is 371 g/mol. The molecule has 1 aromatic carbocycles. The normalized spacial score (nSPS) is 13.2. The van der Waals surface area contributed by atoms with E-state index in [4.69, 9.17) is 9.26 Å². The minimum atomic E-state index is -0.346. The van der Waals surface area contributed by atoms with E-state index < -0.39 is 0 Å². The quantitative estimate of drug-likeness (QED) is 0.669. The molecule has 26 heavy (non-hydrogen) atoms. The number of nitrogens with one attached hydrogen (secondary N) is 1. The Labute approximate surface area is 156 Å². The number of ether oxygens (including phenoxy) is 1. The molecule has 0 fully saturated rings. The third kappa shape index (κ3) is 3.94. The molecule has 2 atom stereocenters. The van der Waals surface area contributed by atoms with Crippen LogP contribution in [-0.2, 0) is 0 Å². The van der Waals surface area contributed by atoms with Crippen molar-refractivity contribution in [3.05, 3.63) is 52.5 Å². The van der Waals surface area contributed by atoms with Gasteiger partial charge in [0, 0.05) is 5.56 Å².